The zero-order valence-corrected chi connectivity index (χ0v) is 10.2. The normalized spacial score (nSPS) is 10.6. The Bertz CT molecular complexity index is 545. The molecule has 2 aromatic heterocycles. The van der Waals surface area contributed by atoms with Crippen molar-refractivity contribution in [2.75, 3.05) is 11.9 Å². The molecule has 0 amide bonds. The van der Waals surface area contributed by atoms with E-state index in [4.69, 9.17) is 0 Å². The first-order valence-corrected chi connectivity index (χ1v) is 5.49. The van der Waals surface area contributed by atoms with Crippen LogP contribution < -0.4 is 5.32 Å². The van der Waals surface area contributed by atoms with Crippen LogP contribution in [0.25, 0.3) is 0 Å². The van der Waals surface area contributed by atoms with Gasteiger partial charge in [0.05, 0.1) is 0 Å². The molecule has 8 nitrogen and oxygen atoms in total. The highest BCUT2D eigenvalue weighted by Gasteiger charge is 2.22. The van der Waals surface area contributed by atoms with Crippen molar-refractivity contribution in [2.45, 2.75) is 13.3 Å². The molecule has 0 saturated heterocycles. The van der Waals surface area contributed by atoms with Gasteiger partial charge in [0.15, 0.2) is 0 Å². The monoisotopic (exact) mass is 250 g/mol. The van der Waals surface area contributed by atoms with Crippen LogP contribution in [0.5, 0.6) is 0 Å². The zero-order valence-electron chi connectivity index (χ0n) is 10.2. The molecule has 8 heteroatoms. The molecule has 2 rings (SSSR count). The molecule has 0 fully saturated rings. The van der Waals surface area contributed by atoms with Crippen molar-refractivity contribution in [3.05, 3.63) is 34.2 Å². The van der Waals surface area contributed by atoms with E-state index >= 15 is 0 Å². The largest absolute Gasteiger partial charge is 0.406 e. The van der Waals surface area contributed by atoms with E-state index in [1.807, 2.05) is 0 Å². The predicted molar refractivity (Wildman–Crippen MR) is 65.4 cm³/mol. The second-order valence-corrected chi connectivity index (χ2v) is 3.86. The standard InChI is InChI=1S/C10H14N6O2/c1-7-14-10(16(17)18)9(15(7)2)13-4-3-8-11-5-6-12-8/h5-6,13H,3-4H2,1-2H3,(H,11,12). The summed E-state index contributed by atoms with van der Waals surface area (Å²) in [7, 11) is 1.74. The molecule has 0 saturated carbocycles. The number of imidazole rings is 2. The first-order valence-electron chi connectivity index (χ1n) is 5.49. The van der Waals surface area contributed by atoms with Crippen molar-refractivity contribution in [2.24, 2.45) is 7.05 Å². The van der Waals surface area contributed by atoms with E-state index in [0.29, 0.717) is 24.6 Å². The number of nitro groups is 1. The smallest absolute Gasteiger partial charge is 0.364 e. The van der Waals surface area contributed by atoms with E-state index in [2.05, 4.69) is 20.3 Å². The van der Waals surface area contributed by atoms with E-state index in [9.17, 15) is 10.1 Å². The SMILES string of the molecule is Cc1nc([N+](=O)[O-])c(NCCc2ncc[nH]2)n1C. The summed E-state index contributed by atoms with van der Waals surface area (Å²) < 4.78 is 1.67. The molecule has 96 valence electrons. The molecule has 2 aromatic rings. The van der Waals surface area contributed by atoms with Crippen LogP contribution >= 0.6 is 0 Å². The molecule has 18 heavy (non-hydrogen) atoms. The van der Waals surface area contributed by atoms with Crippen molar-refractivity contribution in [3.63, 3.8) is 0 Å². The van der Waals surface area contributed by atoms with Gasteiger partial charge in [0.2, 0.25) is 11.6 Å². The van der Waals surface area contributed by atoms with Crippen LogP contribution in [-0.4, -0.2) is 31.0 Å². The van der Waals surface area contributed by atoms with Crippen LogP contribution in [0.1, 0.15) is 11.6 Å². The molecule has 0 aromatic carbocycles. The predicted octanol–water partition coefficient (Wildman–Crippen LogP) is 1.01. The summed E-state index contributed by atoms with van der Waals surface area (Å²) in [6.45, 7) is 2.28. The molecule has 2 heterocycles. The lowest BCUT2D eigenvalue weighted by Gasteiger charge is -2.05. The van der Waals surface area contributed by atoms with Crippen LogP contribution in [0, 0.1) is 17.0 Å². The highest BCUT2D eigenvalue weighted by Crippen LogP contribution is 2.23. The van der Waals surface area contributed by atoms with Gasteiger partial charge in [0.1, 0.15) is 5.82 Å². The van der Waals surface area contributed by atoms with Crippen molar-refractivity contribution in [3.8, 4) is 0 Å². The number of nitrogens with zero attached hydrogens (tertiary/aromatic N) is 4. The molecule has 0 aliphatic rings. The number of aromatic nitrogens is 4. The maximum atomic E-state index is 10.9. The fraction of sp³-hybridized carbons (Fsp3) is 0.400. The summed E-state index contributed by atoms with van der Waals surface area (Å²) in [5, 5.41) is 13.9. The van der Waals surface area contributed by atoms with Crippen molar-refractivity contribution in [1.29, 1.82) is 0 Å². The third kappa shape index (κ3) is 2.31. The number of hydrogen-bond acceptors (Lipinski definition) is 5. The van der Waals surface area contributed by atoms with Gasteiger partial charge in [-0.25, -0.2) is 4.98 Å². The van der Waals surface area contributed by atoms with Crippen LogP contribution in [0.2, 0.25) is 0 Å². The van der Waals surface area contributed by atoms with Gasteiger partial charge in [-0.3, -0.25) is 4.57 Å². The van der Waals surface area contributed by atoms with Gasteiger partial charge in [0.25, 0.3) is 0 Å². The molecule has 0 atom stereocenters. The Morgan fingerprint density at radius 2 is 2.39 bits per heavy atom. The fourth-order valence-corrected chi connectivity index (χ4v) is 1.65. The molecule has 0 aliphatic carbocycles. The Kier molecular flexibility index (Phi) is 3.26. The first kappa shape index (κ1) is 12.1. The molecular formula is C10H14N6O2. The highest BCUT2D eigenvalue weighted by molar-refractivity contribution is 5.53. The van der Waals surface area contributed by atoms with Crippen LogP contribution in [0.3, 0.4) is 0 Å². The third-order valence-electron chi connectivity index (χ3n) is 2.68. The van der Waals surface area contributed by atoms with E-state index in [0.717, 1.165) is 5.82 Å². The number of nitrogens with one attached hydrogen (secondary N) is 2. The molecule has 0 unspecified atom stereocenters. The Morgan fingerprint density at radius 1 is 1.61 bits per heavy atom. The summed E-state index contributed by atoms with van der Waals surface area (Å²) >= 11 is 0. The quantitative estimate of drug-likeness (QED) is 0.609. The van der Waals surface area contributed by atoms with Gasteiger partial charge in [-0.2, -0.15) is 0 Å². The van der Waals surface area contributed by atoms with Crippen molar-refractivity contribution < 1.29 is 4.92 Å². The molecular weight excluding hydrogens is 236 g/mol. The summed E-state index contributed by atoms with van der Waals surface area (Å²) in [6, 6.07) is 0. The number of hydrogen-bond donors (Lipinski definition) is 2. The Morgan fingerprint density at radius 3 is 3.00 bits per heavy atom. The van der Waals surface area contributed by atoms with Gasteiger partial charge in [-0.05, 0) is 9.91 Å². The Labute approximate surface area is 103 Å². The van der Waals surface area contributed by atoms with E-state index in [1.54, 1.807) is 30.9 Å². The summed E-state index contributed by atoms with van der Waals surface area (Å²) in [5.74, 6) is 1.71. The van der Waals surface area contributed by atoms with Gasteiger partial charge < -0.3 is 20.4 Å². The van der Waals surface area contributed by atoms with Crippen LogP contribution in [0.15, 0.2) is 12.4 Å². The van der Waals surface area contributed by atoms with E-state index in [-0.39, 0.29) is 5.82 Å². The molecule has 0 bridgehead atoms. The van der Waals surface area contributed by atoms with Crippen molar-refractivity contribution in [1.82, 2.24) is 19.5 Å². The topological polar surface area (TPSA) is 102 Å². The minimum absolute atomic E-state index is 0.144. The minimum Gasteiger partial charge on any atom is -0.364 e. The molecule has 0 spiro atoms. The van der Waals surface area contributed by atoms with Gasteiger partial charge in [-0.15, -0.1) is 0 Å². The Hall–Kier alpha value is -2.38. The first-order chi connectivity index (χ1) is 8.59. The van der Waals surface area contributed by atoms with Gasteiger partial charge >= 0.3 is 5.82 Å². The lowest BCUT2D eigenvalue weighted by molar-refractivity contribution is -0.388. The van der Waals surface area contributed by atoms with Crippen molar-refractivity contribution >= 4 is 11.6 Å². The summed E-state index contributed by atoms with van der Waals surface area (Å²) in [4.78, 5) is 21.3. The lowest BCUT2D eigenvalue weighted by Crippen LogP contribution is -2.10. The third-order valence-corrected chi connectivity index (χ3v) is 2.68. The molecule has 0 aliphatic heterocycles. The number of rotatable bonds is 5. The fourth-order valence-electron chi connectivity index (χ4n) is 1.65. The van der Waals surface area contributed by atoms with E-state index in [1.165, 1.54) is 0 Å². The maximum Gasteiger partial charge on any atom is 0.406 e. The number of aryl methyl sites for hydroxylation is 1. The van der Waals surface area contributed by atoms with E-state index < -0.39 is 4.92 Å². The molecule has 2 N–H and O–H groups in total. The van der Waals surface area contributed by atoms with Gasteiger partial charge in [0, 0.05) is 39.3 Å². The van der Waals surface area contributed by atoms with Crippen LogP contribution in [-0.2, 0) is 13.5 Å². The second kappa shape index (κ2) is 4.86. The zero-order chi connectivity index (χ0) is 13.1. The number of aromatic amines is 1. The molecule has 0 radical (unpaired) electrons. The Balaban J connectivity index is 2.06. The maximum absolute atomic E-state index is 10.9. The van der Waals surface area contributed by atoms with Crippen LogP contribution in [0.4, 0.5) is 11.6 Å². The summed E-state index contributed by atoms with van der Waals surface area (Å²) in [6.07, 6.45) is 4.08. The number of H-pyrrole nitrogens is 1. The van der Waals surface area contributed by atoms with Gasteiger partial charge in [-0.1, -0.05) is 0 Å². The second-order valence-electron chi connectivity index (χ2n) is 3.86. The highest BCUT2D eigenvalue weighted by atomic mass is 16.6. The minimum atomic E-state index is -0.484. The summed E-state index contributed by atoms with van der Waals surface area (Å²) in [5.41, 5.74) is 0. The lowest BCUT2D eigenvalue weighted by atomic mass is 10.4. The average Bonchev–Trinajstić information content (AvgIpc) is 2.92. The number of anilines is 1. The average molecular weight is 250 g/mol.